The molecule has 0 nitrogen and oxygen atoms in total. The van der Waals surface area contributed by atoms with Gasteiger partial charge in [0.05, 0.1) is 0 Å². The van der Waals surface area contributed by atoms with E-state index >= 15 is 0 Å². The summed E-state index contributed by atoms with van der Waals surface area (Å²) in [6, 6.07) is 0. The molecule has 0 radical (unpaired) electrons. The van der Waals surface area contributed by atoms with Crippen molar-refractivity contribution in [3.8, 4) is 0 Å². The molecule has 0 heterocycles. The summed E-state index contributed by atoms with van der Waals surface area (Å²) in [5, 5.41) is 0. The number of hydrogen-bond donors (Lipinski definition) is 0. The Morgan fingerprint density at radius 1 is 0.722 bits per heavy atom. The summed E-state index contributed by atoms with van der Waals surface area (Å²) in [4.78, 5) is 0. The summed E-state index contributed by atoms with van der Waals surface area (Å²) in [7, 11) is 0. The third-order valence-corrected chi connectivity index (χ3v) is 6.13. The molecule has 0 unspecified atom stereocenters. The van der Waals surface area contributed by atoms with E-state index in [9.17, 15) is 8.60 Å². The minimum absolute atomic E-state index is 0.396. The monoisotopic (exact) mass is 374 g/mol. The summed E-state index contributed by atoms with van der Waals surface area (Å²) >= 11 is -5.98. The molecule has 110 valence electrons. The molecule has 0 aliphatic carbocycles. The Bertz CT molecular complexity index is 170. The van der Waals surface area contributed by atoms with Gasteiger partial charge in [0.1, 0.15) is 0 Å². The first-order chi connectivity index (χ1) is 8.49. The van der Waals surface area contributed by atoms with Crippen LogP contribution in [0.5, 0.6) is 0 Å². The van der Waals surface area contributed by atoms with Crippen LogP contribution in [0.4, 0.5) is 8.60 Å². The summed E-state index contributed by atoms with van der Waals surface area (Å²) in [5.74, 6) is 0.553. The second-order valence-corrected chi connectivity index (χ2v) is 10.3. The molecule has 0 aromatic carbocycles. The molecule has 0 spiro atoms. The van der Waals surface area contributed by atoms with Crippen molar-refractivity contribution in [3.05, 3.63) is 0 Å². The molecule has 0 amide bonds. The second-order valence-electron chi connectivity index (χ2n) is 5.36. The topological polar surface area (TPSA) is 0 Å². The van der Waals surface area contributed by atoms with Crippen LogP contribution in [0.25, 0.3) is 0 Å². The van der Waals surface area contributed by atoms with Gasteiger partial charge in [0.15, 0.2) is 0 Å². The van der Waals surface area contributed by atoms with Gasteiger partial charge in [-0.25, -0.2) is 0 Å². The van der Waals surface area contributed by atoms with Crippen LogP contribution in [-0.4, -0.2) is 20.1 Å². The zero-order valence-corrected chi connectivity index (χ0v) is 14.8. The first-order valence-electron chi connectivity index (χ1n) is 7.56. The second kappa shape index (κ2) is 11.4. The number of hydrogen-bond acceptors (Lipinski definition) is 0. The van der Waals surface area contributed by atoms with Gasteiger partial charge in [-0.05, 0) is 0 Å². The fourth-order valence-corrected chi connectivity index (χ4v) is 4.12. The van der Waals surface area contributed by atoms with Gasteiger partial charge in [-0.15, -0.1) is 0 Å². The molecular formula is C14H29F3Sn. The van der Waals surface area contributed by atoms with Gasteiger partial charge in [0.2, 0.25) is 0 Å². The Kier molecular flexibility index (Phi) is 11.8. The molecule has 18 heavy (non-hydrogen) atoms. The molecule has 0 aromatic rings. The fourth-order valence-electron chi connectivity index (χ4n) is 2.39. The van der Waals surface area contributed by atoms with Gasteiger partial charge in [-0.1, -0.05) is 0 Å². The van der Waals surface area contributed by atoms with E-state index in [4.69, 9.17) is 0 Å². The first kappa shape index (κ1) is 18.6. The molecule has 0 rings (SSSR count). The van der Waals surface area contributed by atoms with E-state index < -0.39 is 24.5 Å². The van der Waals surface area contributed by atoms with Gasteiger partial charge in [-0.3, -0.25) is 0 Å². The molecule has 0 saturated carbocycles. The maximum absolute atomic E-state index is 12.3. The van der Waals surface area contributed by atoms with Crippen LogP contribution in [0.2, 0.25) is 4.44 Å². The van der Waals surface area contributed by atoms with Crippen molar-refractivity contribution in [1.29, 1.82) is 0 Å². The summed E-state index contributed by atoms with van der Waals surface area (Å²) in [6.45, 7) is 4.34. The van der Waals surface area contributed by atoms with E-state index in [1.807, 2.05) is 0 Å². The average Bonchev–Trinajstić information content (AvgIpc) is 2.27. The predicted molar refractivity (Wildman–Crippen MR) is 74.9 cm³/mol. The standard InChI is InChI=1S/C14H29.3FH.Sn/c1-4-7-9-12-14(11-6-3)13-10-8-5-2;;;;/h14H,3-13H2,1-2H3;3*1H;/q;;;;+3/p-3. The van der Waals surface area contributed by atoms with Crippen LogP contribution < -0.4 is 0 Å². The van der Waals surface area contributed by atoms with Gasteiger partial charge in [-0.2, -0.15) is 0 Å². The predicted octanol–water partition coefficient (Wildman–Crippen LogP) is 6.39. The molecule has 0 aliphatic rings. The van der Waals surface area contributed by atoms with Crippen molar-refractivity contribution in [2.24, 2.45) is 5.92 Å². The van der Waals surface area contributed by atoms with Crippen molar-refractivity contribution >= 4 is 20.1 Å². The van der Waals surface area contributed by atoms with Crippen molar-refractivity contribution < 1.29 is 8.60 Å². The van der Waals surface area contributed by atoms with E-state index in [1.165, 1.54) is 38.5 Å². The van der Waals surface area contributed by atoms with Crippen LogP contribution in [0.3, 0.4) is 0 Å². The van der Waals surface area contributed by atoms with Gasteiger partial charge in [0.25, 0.3) is 0 Å². The molecule has 4 heteroatoms. The van der Waals surface area contributed by atoms with Gasteiger partial charge in [0, 0.05) is 0 Å². The molecule has 0 saturated heterocycles. The van der Waals surface area contributed by atoms with Crippen LogP contribution in [0.1, 0.15) is 78.1 Å². The van der Waals surface area contributed by atoms with Crippen LogP contribution in [0, 0.1) is 5.92 Å². The van der Waals surface area contributed by atoms with Gasteiger partial charge >= 0.3 is 117 Å². The Hall–Kier alpha value is 0.589. The van der Waals surface area contributed by atoms with Crippen molar-refractivity contribution in [1.82, 2.24) is 0 Å². The SMILES string of the molecule is CCCCCC(CCCCC)CC[CH2][Sn]([F])([F])[F]. The minimum atomic E-state index is -5.98. The van der Waals surface area contributed by atoms with E-state index in [2.05, 4.69) is 13.8 Å². The zero-order chi connectivity index (χ0) is 13.9. The molecule has 0 aliphatic heterocycles. The van der Waals surface area contributed by atoms with Crippen molar-refractivity contribution in [2.45, 2.75) is 82.5 Å². The van der Waals surface area contributed by atoms with E-state index in [1.54, 1.807) is 0 Å². The molecule has 0 N–H and O–H groups in total. The Balaban J connectivity index is 3.80. The zero-order valence-electron chi connectivity index (χ0n) is 12.0. The molecule has 0 atom stereocenters. The summed E-state index contributed by atoms with van der Waals surface area (Å²) < 4.78 is 36.6. The maximum atomic E-state index is 12.3. The molecule has 0 fully saturated rings. The Morgan fingerprint density at radius 2 is 1.17 bits per heavy atom. The Morgan fingerprint density at radius 3 is 1.56 bits per heavy atom. The Labute approximate surface area is 117 Å². The van der Waals surface area contributed by atoms with E-state index in [-0.39, 0.29) is 0 Å². The number of unbranched alkanes of at least 4 members (excludes halogenated alkanes) is 4. The van der Waals surface area contributed by atoms with Crippen molar-refractivity contribution in [3.63, 3.8) is 0 Å². The van der Waals surface area contributed by atoms with E-state index in [0.29, 0.717) is 12.3 Å². The third kappa shape index (κ3) is 13.0. The van der Waals surface area contributed by atoms with E-state index in [0.717, 1.165) is 19.3 Å². The normalized spacial score (nSPS) is 12.3. The van der Waals surface area contributed by atoms with Crippen molar-refractivity contribution in [2.75, 3.05) is 0 Å². The third-order valence-electron chi connectivity index (χ3n) is 3.50. The molecular weight excluding hydrogens is 344 g/mol. The van der Waals surface area contributed by atoms with Crippen LogP contribution in [-0.2, 0) is 0 Å². The number of halogens is 3. The average molecular weight is 373 g/mol. The fraction of sp³-hybridized carbons (Fsp3) is 1.00. The quantitative estimate of drug-likeness (QED) is 0.275. The summed E-state index contributed by atoms with van der Waals surface area (Å²) in [5.41, 5.74) is 0. The molecule has 0 bridgehead atoms. The van der Waals surface area contributed by atoms with Crippen LogP contribution >= 0.6 is 0 Å². The number of rotatable bonds is 12. The molecule has 0 aromatic heterocycles. The van der Waals surface area contributed by atoms with Crippen LogP contribution in [0.15, 0.2) is 0 Å². The first-order valence-corrected chi connectivity index (χ1v) is 12.8. The van der Waals surface area contributed by atoms with Gasteiger partial charge < -0.3 is 0 Å². The summed E-state index contributed by atoms with van der Waals surface area (Å²) in [6.07, 6.45) is 10.7.